The van der Waals surface area contributed by atoms with Gasteiger partial charge in [0.15, 0.2) is 0 Å². The molecule has 0 N–H and O–H groups in total. The van der Waals surface area contributed by atoms with Crippen LogP contribution in [0, 0.1) is 6.92 Å². The molecule has 1 heterocycles. The Morgan fingerprint density at radius 3 is 2.41 bits per heavy atom. The van der Waals surface area contributed by atoms with Crippen molar-refractivity contribution in [1.82, 2.24) is 4.98 Å². The lowest BCUT2D eigenvalue weighted by atomic mass is 10.2. The van der Waals surface area contributed by atoms with E-state index in [0.29, 0.717) is 22.4 Å². The van der Waals surface area contributed by atoms with Gasteiger partial charge < -0.3 is 4.74 Å². The van der Waals surface area contributed by atoms with Gasteiger partial charge in [-0.1, -0.05) is 29.3 Å². The Morgan fingerprint density at radius 1 is 1.12 bits per heavy atom. The minimum atomic E-state index is 0.337. The Hall–Kier alpha value is -1.25. The van der Waals surface area contributed by atoms with Gasteiger partial charge in [0.05, 0.1) is 6.20 Å². The highest BCUT2D eigenvalue weighted by Crippen LogP contribution is 2.25. The average Bonchev–Trinajstić information content (AvgIpc) is 2.31. The summed E-state index contributed by atoms with van der Waals surface area (Å²) in [4.78, 5) is 4.15. The highest BCUT2D eigenvalue weighted by molar-refractivity contribution is 6.35. The van der Waals surface area contributed by atoms with Crippen molar-refractivity contribution in [3.8, 4) is 5.75 Å². The first kappa shape index (κ1) is 12.2. The summed E-state index contributed by atoms with van der Waals surface area (Å²) in [6.45, 7) is 2.26. The fraction of sp³-hybridized carbons (Fsp3) is 0.154. The van der Waals surface area contributed by atoms with Crippen LogP contribution in [0.4, 0.5) is 0 Å². The molecule has 0 radical (unpaired) electrons. The van der Waals surface area contributed by atoms with Crippen LogP contribution in [-0.2, 0) is 6.61 Å². The monoisotopic (exact) mass is 267 g/mol. The Morgan fingerprint density at radius 2 is 1.82 bits per heavy atom. The van der Waals surface area contributed by atoms with Crippen LogP contribution in [0.25, 0.3) is 0 Å². The summed E-state index contributed by atoms with van der Waals surface area (Å²) in [5, 5.41) is 1.22. The fourth-order valence-corrected chi connectivity index (χ4v) is 1.87. The van der Waals surface area contributed by atoms with Gasteiger partial charge in [-0.05, 0) is 31.2 Å². The minimum absolute atomic E-state index is 0.337. The number of hydrogen-bond donors (Lipinski definition) is 0. The van der Waals surface area contributed by atoms with Crippen LogP contribution in [0.15, 0.2) is 36.5 Å². The number of benzene rings is 1. The molecule has 1 aromatic heterocycles. The molecule has 0 amide bonds. The third-order valence-corrected chi connectivity index (χ3v) is 3.04. The van der Waals surface area contributed by atoms with Crippen molar-refractivity contribution in [2.45, 2.75) is 13.5 Å². The third-order valence-electron chi connectivity index (χ3n) is 2.33. The molecule has 88 valence electrons. The Balaban J connectivity index is 2.10. The zero-order valence-electron chi connectivity index (χ0n) is 9.28. The van der Waals surface area contributed by atoms with Crippen LogP contribution in [0.2, 0.25) is 10.0 Å². The number of aromatic nitrogens is 1. The van der Waals surface area contributed by atoms with E-state index in [1.54, 1.807) is 18.3 Å². The molecular formula is C13H11Cl2NO. The van der Waals surface area contributed by atoms with E-state index in [1.165, 1.54) is 0 Å². The van der Waals surface area contributed by atoms with Gasteiger partial charge >= 0.3 is 0 Å². The molecule has 0 bridgehead atoms. The molecule has 2 aromatic rings. The second-order valence-corrected chi connectivity index (χ2v) is 4.44. The normalized spacial score (nSPS) is 10.3. The lowest BCUT2D eigenvalue weighted by molar-refractivity contribution is 0.305. The van der Waals surface area contributed by atoms with Crippen LogP contribution in [0.5, 0.6) is 5.75 Å². The third kappa shape index (κ3) is 3.11. The first-order valence-electron chi connectivity index (χ1n) is 5.15. The predicted octanol–water partition coefficient (Wildman–Crippen LogP) is 4.28. The summed E-state index contributed by atoms with van der Waals surface area (Å²) in [5.74, 6) is 0.701. The predicted molar refractivity (Wildman–Crippen MR) is 69.8 cm³/mol. The van der Waals surface area contributed by atoms with Crippen LogP contribution in [0.1, 0.15) is 11.3 Å². The summed E-state index contributed by atoms with van der Waals surface area (Å²) >= 11 is 12.1. The molecule has 0 atom stereocenters. The van der Waals surface area contributed by atoms with Crippen molar-refractivity contribution in [1.29, 1.82) is 0 Å². The van der Waals surface area contributed by atoms with Gasteiger partial charge in [0.1, 0.15) is 12.4 Å². The molecule has 17 heavy (non-hydrogen) atoms. The molecule has 0 aliphatic carbocycles. The number of rotatable bonds is 3. The van der Waals surface area contributed by atoms with Gasteiger partial charge in [0.25, 0.3) is 0 Å². The molecule has 4 heteroatoms. The molecule has 1 aromatic carbocycles. The van der Waals surface area contributed by atoms with Gasteiger partial charge in [-0.15, -0.1) is 0 Å². The highest BCUT2D eigenvalue weighted by atomic mass is 35.5. The zero-order chi connectivity index (χ0) is 12.3. The van der Waals surface area contributed by atoms with Crippen molar-refractivity contribution in [2.24, 2.45) is 0 Å². The standard InChI is InChI=1S/C13H11Cl2NO/c1-9-5-6-10(7-16-9)17-8-11-12(14)3-2-4-13(11)15/h2-7H,8H2,1H3. The van der Waals surface area contributed by atoms with E-state index in [1.807, 2.05) is 25.1 Å². The molecule has 0 unspecified atom stereocenters. The Labute approximate surface area is 110 Å². The van der Waals surface area contributed by atoms with Gasteiger partial charge in [0, 0.05) is 21.3 Å². The summed E-state index contributed by atoms with van der Waals surface area (Å²) in [6.07, 6.45) is 1.68. The first-order chi connectivity index (χ1) is 8.16. The van der Waals surface area contributed by atoms with Crippen LogP contribution >= 0.6 is 23.2 Å². The van der Waals surface area contributed by atoms with E-state index in [9.17, 15) is 0 Å². The lowest BCUT2D eigenvalue weighted by Gasteiger charge is -2.09. The largest absolute Gasteiger partial charge is 0.487 e. The first-order valence-corrected chi connectivity index (χ1v) is 5.91. The molecule has 0 saturated carbocycles. The van der Waals surface area contributed by atoms with Crippen molar-refractivity contribution in [2.75, 3.05) is 0 Å². The quantitative estimate of drug-likeness (QED) is 0.829. The fourth-order valence-electron chi connectivity index (χ4n) is 1.37. The van der Waals surface area contributed by atoms with Gasteiger partial charge in [0.2, 0.25) is 0 Å². The molecular weight excluding hydrogens is 257 g/mol. The summed E-state index contributed by atoms with van der Waals surface area (Å²) in [5.41, 5.74) is 1.74. The second-order valence-electron chi connectivity index (χ2n) is 3.62. The maximum absolute atomic E-state index is 6.04. The average molecular weight is 268 g/mol. The summed E-state index contributed by atoms with van der Waals surface area (Å²) < 4.78 is 5.58. The molecule has 0 fully saturated rings. The van der Waals surface area contributed by atoms with Crippen LogP contribution in [0.3, 0.4) is 0 Å². The molecule has 0 saturated heterocycles. The minimum Gasteiger partial charge on any atom is -0.487 e. The second kappa shape index (κ2) is 5.39. The van der Waals surface area contributed by atoms with Crippen molar-refractivity contribution >= 4 is 23.2 Å². The number of nitrogens with zero attached hydrogens (tertiary/aromatic N) is 1. The van der Waals surface area contributed by atoms with Crippen molar-refractivity contribution in [3.05, 3.63) is 57.8 Å². The Kier molecular flexibility index (Phi) is 3.87. The van der Waals surface area contributed by atoms with E-state index >= 15 is 0 Å². The number of pyridine rings is 1. The summed E-state index contributed by atoms with van der Waals surface area (Å²) in [6, 6.07) is 9.15. The van der Waals surface area contributed by atoms with Gasteiger partial charge in [-0.25, -0.2) is 0 Å². The maximum atomic E-state index is 6.04. The van der Waals surface area contributed by atoms with E-state index in [4.69, 9.17) is 27.9 Å². The van der Waals surface area contributed by atoms with Crippen LogP contribution in [-0.4, -0.2) is 4.98 Å². The topological polar surface area (TPSA) is 22.1 Å². The number of ether oxygens (including phenoxy) is 1. The van der Waals surface area contributed by atoms with E-state index < -0.39 is 0 Å². The highest BCUT2D eigenvalue weighted by Gasteiger charge is 2.06. The molecule has 0 spiro atoms. The number of halogens is 2. The zero-order valence-corrected chi connectivity index (χ0v) is 10.8. The van der Waals surface area contributed by atoms with Gasteiger partial charge in [-0.2, -0.15) is 0 Å². The lowest BCUT2D eigenvalue weighted by Crippen LogP contribution is -1.97. The van der Waals surface area contributed by atoms with E-state index in [2.05, 4.69) is 4.98 Å². The smallest absolute Gasteiger partial charge is 0.138 e. The maximum Gasteiger partial charge on any atom is 0.138 e. The van der Waals surface area contributed by atoms with E-state index in [0.717, 1.165) is 11.3 Å². The van der Waals surface area contributed by atoms with Crippen LogP contribution < -0.4 is 4.74 Å². The Bertz CT molecular complexity index is 491. The number of aryl methyl sites for hydroxylation is 1. The SMILES string of the molecule is Cc1ccc(OCc2c(Cl)cccc2Cl)cn1. The number of hydrogen-bond acceptors (Lipinski definition) is 2. The van der Waals surface area contributed by atoms with E-state index in [-0.39, 0.29) is 0 Å². The summed E-state index contributed by atoms with van der Waals surface area (Å²) in [7, 11) is 0. The van der Waals surface area contributed by atoms with Crippen molar-refractivity contribution in [3.63, 3.8) is 0 Å². The molecule has 0 aliphatic rings. The molecule has 2 nitrogen and oxygen atoms in total. The van der Waals surface area contributed by atoms with Crippen molar-refractivity contribution < 1.29 is 4.74 Å². The molecule has 0 aliphatic heterocycles. The molecule has 2 rings (SSSR count). The van der Waals surface area contributed by atoms with Gasteiger partial charge in [-0.3, -0.25) is 4.98 Å².